The highest BCUT2D eigenvalue weighted by Crippen LogP contribution is 2.36. The fourth-order valence-corrected chi connectivity index (χ4v) is 2.24. The van der Waals surface area contributed by atoms with Gasteiger partial charge in [0.2, 0.25) is 0 Å². The molecule has 1 unspecified atom stereocenters. The topological polar surface area (TPSA) is 35.2 Å². The van der Waals surface area contributed by atoms with Crippen LogP contribution < -0.4 is 5.73 Å². The van der Waals surface area contributed by atoms with E-state index in [4.69, 9.17) is 10.5 Å². The lowest BCUT2D eigenvalue weighted by Crippen LogP contribution is -2.33. The number of ether oxygens (including phenoxy) is 1. The summed E-state index contributed by atoms with van der Waals surface area (Å²) in [5, 5.41) is 0. The van der Waals surface area contributed by atoms with Gasteiger partial charge in [-0.25, -0.2) is 0 Å². The second kappa shape index (κ2) is 4.97. The first-order valence-corrected chi connectivity index (χ1v) is 5.54. The Morgan fingerprint density at radius 3 is 2.46 bits per heavy atom. The van der Waals surface area contributed by atoms with Crippen molar-refractivity contribution in [3.63, 3.8) is 0 Å². The smallest absolute Gasteiger partial charge is 0.0535 e. The average Bonchev–Trinajstić information content (AvgIpc) is 2.63. The van der Waals surface area contributed by atoms with Gasteiger partial charge in [0.15, 0.2) is 0 Å². The van der Waals surface area contributed by atoms with Crippen LogP contribution in [0.3, 0.4) is 0 Å². The molecule has 0 aliphatic carbocycles. The zero-order valence-electron chi connectivity index (χ0n) is 9.01. The molecule has 1 atom stereocenters. The SMILES string of the molecule is CCC(CC)CC1(CN)CCOC1. The Morgan fingerprint density at radius 1 is 1.38 bits per heavy atom. The van der Waals surface area contributed by atoms with Crippen LogP contribution in [0.1, 0.15) is 39.5 Å². The van der Waals surface area contributed by atoms with Gasteiger partial charge in [-0.1, -0.05) is 26.7 Å². The molecule has 2 N–H and O–H groups in total. The number of rotatable bonds is 5. The summed E-state index contributed by atoms with van der Waals surface area (Å²) >= 11 is 0. The van der Waals surface area contributed by atoms with Crippen LogP contribution in [0, 0.1) is 11.3 Å². The van der Waals surface area contributed by atoms with Gasteiger partial charge in [0, 0.05) is 18.6 Å². The molecule has 1 aliphatic rings. The monoisotopic (exact) mass is 185 g/mol. The van der Waals surface area contributed by atoms with Gasteiger partial charge in [-0.05, 0) is 18.8 Å². The molecule has 2 heteroatoms. The van der Waals surface area contributed by atoms with E-state index >= 15 is 0 Å². The van der Waals surface area contributed by atoms with Crippen molar-refractivity contribution in [3.05, 3.63) is 0 Å². The van der Waals surface area contributed by atoms with Crippen molar-refractivity contribution in [2.24, 2.45) is 17.1 Å². The highest BCUT2D eigenvalue weighted by atomic mass is 16.5. The number of hydrogen-bond acceptors (Lipinski definition) is 2. The summed E-state index contributed by atoms with van der Waals surface area (Å²) < 4.78 is 5.46. The van der Waals surface area contributed by atoms with E-state index in [2.05, 4.69) is 13.8 Å². The van der Waals surface area contributed by atoms with Crippen LogP contribution in [0.15, 0.2) is 0 Å². The summed E-state index contributed by atoms with van der Waals surface area (Å²) in [5.41, 5.74) is 6.16. The fraction of sp³-hybridized carbons (Fsp3) is 1.00. The Morgan fingerprint density at radius 2 is 2.08 bits per heavy atom. The molecule has 1 rings (SSSR count). The minimum Gasteiger partial charge on any atom is -0.381 e. The van der Waals surface area contributed by atoms with Gasteiger partial charge in [0.1, 0.15) is 0 Å². The summed E-state index contributed by atoms with van der Waals surface area (Å²) in [7, 11) is 0. The molecule has 0 spiro atoms. The average molecular weight is 185 g/mol. The lowest BCUT2D eigenvalue weighted by molar-refractivity contribution is 0.135. The van der Waals surface area contributed by atoms with Gasteiger partial charge in [-0.15, -0.1) is 0 Å². The molecule has 78 valence electrons. The minimum absolute atomic E-state index is 0.316. The predicted octanol–water partition coefficient (Wildman–Crippen LogP) is 2.18. The quantitative estimate of drug-likeness (QED) is 0.712. The Hall–Kier alpha value is -0.0800. The maximum atomic E-state index is 5.85. The molecule has 13 heavy (non-hydrogen) atoms. The molecular weight excluding hydrogens is 162 g/mol. The van der Waals surface area contributed by atoms with Gasteiger partial charge >= 0.3 is 0 Å². The molecule has 0 saturated carbocycles. The van der Waals surface area contributed by atoms with Crippen LogP contribution in [-0.4, -0.2) is 19.8 Å². The maximum absolute atomic E-state index is 5.85. The van der Waals surface area contributed by atoms with E-state index in [1.54, 1.807) is 0 Å². The van der Waals surface area contributed by atoms with Gasteiger partial charge in [0.25, 0.3) is 0 Å². The van der Waals surface area contributed by atoms with Gasteiger partial charge in [-0.2, -0.15) is 0 Å². The third-order valence-corrected chi connectivity index (χ3v) is 3.49. The summed E-state index contributed by atoms with van der Waals surface area (Å²) in [6.45, 7) is 7.14. The van der Waals surface area contributed by atoms with Crippen molar-refractivity contribution in [3.8, 4) is 0 Å². The zero-order chi connectivity index (χ0) is 9.73. The zero-order valence-corrected chi connectivity index (χ0v) is 9.01. The highest BCUT2D eigenvalue weighted by Gasteiger charge is 2.34. The minimum atomic E-state index is 0.316. The van der Waals surface area contributed by atoms with Crippen LogP contribution in [0.4, 0.5) is 0 Å². The van der Waals surface area contributed by atoms with Gasteiger partial charge in [-0.3, -0.25) is 0 Å². The van der Waals surface area contributed by atoms with E-state index in [-0.39, 0.29) is 0 Å². The lowest BCUT2D eigenvalue weighted by Gasteiger charge is -2.29. The Balaban J connectivity index is 2.46. The number of nitrogens with two attached hydrogens (primary N) is 1. The van der Waals surface area contributed by atoms with Crippen LogP contribution in [0.5, 0.6) is 0 Å². The maximum Gasteiger partial charge on any atom is 0.0535 e. The molecule has 1 fully saturated rings. The van der Waals surface area contributed by atoms with E-state index in [1.165, 1.54) is 25.7 Å². The predicted molar refractivity (Wildman–Crippen MR) is 55.6 cm³/mol. The third kappa shape index (κ3) is 2.68. The van der Waals surface area contributed by atoms with E-state index in [1.807, 2.05) is 0 Å². The van der Waals surface area contributed by atoms with Gasteiger partial charge < -0.3 is 10.5 Å². The first-order chi connectivity index (χ1) is 6.26. The summed E-state index contributed by atoms with van der Waals surface area (Å²) in [6.07, 6.45) is 4.98. The third-order valence-electron chi connectivity index (χ3n) is 3.49. The molecule has 0 amide bonds. The molecule has 1 heterocycles. The molecule has 1 aliphatic heterocycles. The van der Waals surface area contributed by atoms with E-state index in [9.17, 15) is 0 Å². The van der Waals surface area contributed by atoms with E-state index in [0.717, 1.165) is 25.7 Å². The summed E-state index contributed by atoms with van der Waals surface area (Å²) in [6, 6.07) is 0. The molecule has 0 aromatic carbocycles. The van der Waals surface area contributed by atoms with Crippen molar-refractivity contribution < 1.29 is 4.74 Å². The van der Waals surface area contributed by atoms with Crippen molar-refractivity contribution >= 4 is 0 Å². The molecule has 0 aromatic heterocycles. The van der Waals surface area contributed by atoms with Crippen LogP contribution in [-0.2, 0) is 4.74 Å². The second-order valence-corrected chi connectivity index (χ2v) is 4.39. The fourth-order valence-electron chi connectivity index (χ4n) is 2.24. The van der Waals surface area contributed by atoms with Crippen molar-refractivity contribution in [2.45, 2.75) is 39.5 Å². The normalized spacial score (nSPS) is 28.6. The van der Waals surface area contributed by atoms with Crippen molar-refractivity contribution in [1.82, 2.24) is 0 Å². The second-order valence-electron chi connectivity index (χ2n) is 4.39. The Labute approximate surface area is 81.8 Å². The Bertz CT molecular complexity index is 137. The first-order valence-electron chi connectivity index (χ1n) is 5.54. The standard InChI is InChI=1S/C11H23NO/c1-3-10(4-2)7-11(8-12)5-6-13-9-11/h10H,3-9,12H2,1-2H3. The Kier molecular flexibility index (Phi) is 4.20. The molecular formula is C11H23NO. The molecule has 1 saturated heterocycles. The first kappa shape index (κ1) is 11.0. The molecule has 0 radical (unpaired) electrons. The molecule has 0 bridgehead atoms. The van der Waals surface area contributed by atoms with E-state index in [0.29, 0.717) is 5.41 Å². The largest absolute Gasteiger partial charge is 0.381 e. The number of hydrogen-bond donors (Lipinski definition) is 1. The van der Waals surface area contributed by atoms with Crippen LogP contribution in [0.25, 0.3) is 0 Å². The van der Waals surface area contributed by atoms with Gasteiger partial charge in [0.05, 0.1) is 6.61 Å². The molecule has 2 nitrogen and oxygen atoms in total. The lowest BCUT2D eigenvalue weighted by atomic mass is 9.77. The summed E-state index contributed by atoms with van der Waals surface area (Å²) in [4.78, 5) is 0. The van der Waals surface area contributed by atoms with Crippen LogP contribution >= 0.6 is 0 Å². The van der Waals surface area contributed by atoms with Crippen molar-refractivity contribution in [2.75, 3.05) is 19.8 Å². The highest BCUT2D eigenvalue weighted by molar-refractivity contribution is 4.85. The van der Waals surface area contributed by atoms with E-state index < -0.39 is 0 Å². The van der Waals surface area contributed by atoms with Crippen molar-refractivity contribution in [1.29, 1.82) is 0 Å². The molecule has 0 aromatic rings. The summed E-state index contributed by atoms with van der Waals surface area (Å²) in [5.74, 6) is 0.838. The van der Waals surface area contributed by atoms with Crippen LogP contribution in [0.2, 0.25) is 0 Å².